The molecular weight excluding hydrogens is 289 g/mol. The van der Waals surface area contributed by atoms with Gasteiger partial charge in [-0.1, -0.05) is 0 Å². The molecule has 1 aromatic carbocycles. The van der Waals surface area contributed by atoms with E-state index >= 15 is 0 Å². The summed E-state index contributed by atoms with van der Waals surface area (Å²) >= 11 is 0. The molecule has 1 unspecified atom stereocenters. The lowest BCUT2D eigenvalue weighted by Crippen LogP contribution is -2.42. The van der Waals surface area contributed by atoms with E-state index in [0.29, 0.717) is 28.9 Å². The Balaban J connectivity index is 1.96. The van der Waals surface area contributed by atoms with Crippen molar-refractivity contribution in [3.05, 3.63) is 35.9 Å². The van der Waals surface area contributed by atoms with Crippen molar-refractivity contribution in [3.63, 3.8) is 0 Å². The summed E-state index contributed by atoms with van der Waals surface area (Å²) in [5.41, 5.74) is 0.726. The Morgan fingerprint density at radius 1 is 1.27 bits per heavy atom. The molecule has 116 valence electrons. The van der Waals surface area contributed by atoms with Gasteiger partial charge in [-0.25, -0.2) is 14.4 Å². The van der Waals surface area contributed by atoms with Gasteiger partial charge in [-0.05, 0) is 19.1 Å². The molecule has 2 heterocycles. The number of aromatic nitrogens is 2. The van der Waals surface area contributed by atoms with Gasteiger partial charge in [-0.2, -0.15) is 0 Å². The smallest absolute Gasteiger partial charge is 0.278 e. The molecule has 1 N–H and O–H groups in total. The molecule has 0 fully saturated rings. The Labute approximate surface area is 127 Å². The standard InChI is InChI=1S/C15H16FN3O3/c1-15(12-7-17-13(20-2)14(18-12)21-3)8-22-11-6-9(16)4-5-10(11)19-15/h4-7,19H,8H2,1-3H3. The number of ether oxygens (including phenoxy) is 3. The summed E-state index contributed by atoms with van der Waals surface area (Å²) < 4.78 is 29.2. The third-order valence-corrected chi connectivity index (χ3v) is 3.53. The van der Waals surface area contributed by atoms with Crippen molar-refractivity contribution in [2.45, 2.75) is 12.5 Å². The topological polar surface area (TPSA) is 65.5 Å². The van der Waals surface area contributed by atoms with Crippen molar-refractivity contribution in [1.29, 1.82) is 0 Å². The lowest BCUT2D eigenvalue weighted by Gasteiger charge is -2.36. The highest BCUT2D eigenvalue weighted by molar-refractivity contribution is 5.60. The number of halogens is 1. The molecule has 7 heteroatoms. The van der Waals surface area contributed by atoms with Gasteiger partial charge in [0.2, 0.25) is 0 Å². The third kappa shape index (κ3) is 2.38. The Morgan fingerprint density at radius 3 is 2.77 bits per heavy atom. The van der Waals surface area contributed by atoms with E-state index in [1.165, 1.54) is 26.4 Å². The average molecular weight is 305 g/mol. The summed E-state index contributed by atoms with van der Waals surface area (Å²) in [5.74, 6) is 0.753. The lowest BCUT2D eigenvalue weighted by atomic mass is 9.97. The van der Waals surface area contributed by atoms with E-state index < -0.39 is 5.54 Å². The van der Waals surface area contributed by atoms with Crippen LogP contribution in [0.4, 0.5) is 10.1 Å². The number of hydrogen-bond acceptors (Lipinski definition) is 6. The van der Waals surface area contributed by atoms with Crippen LogP contribution in [0.5, 0.6) is 17.5 Å². The van der Waals surface area contributed by atoms with Gasteiger partial charge in [0.15, 0.2) is 0 Å². The maximum atomic E-state index is 13.2. The normalized spacial score (nSPS) is 19.6. The molecule has 3 rings (SSSR count). The maximum absolute atomic E-state index is 13.2. The second-order valence-electron chi connectivity index (χ2n) is 5.16. The summed E-state index contributed by atoms with van der Waals surface area (Å²) in [6.45, 7) is 2.21. The van der Waals surface area contributed by atoms with E-state index in [9.17, 15) is 4.39 Å². The summed E-state index contributed by atoms with van der Waals surface area (Å²) in [4.78, 5) is 8.61. The molecule has 1 aliphatic rings. The number of rotatable bonds is 3. The van der Waals surface area contributed by atoms with Crippen LogP contribution in [0.25, 0.3) is 0 Å². The minimum absolute atomic E-state index is 0.285. The molecule has 22 heavy (non-hydrogen) atoms. The van der Waals surface area contributed by atoms with Gasteiger partial charge in [-0.3, -0.25) is 0 Å². The molecule has 1 aliphatic heterocycles. The second kappa shape index (κ2) is 5.32. The van der Waals surface area contributed by atoms with Gasteiger partial charge >= 0.3 is 0 Å². The molecule has 1 atom stereocenters. The van der Waals surface area contributed by atoms with Crippen molar-refractivity contribution in [1.82, 2.24) is 9.97 Å². The van der Waals surface area contributed by atoms with Crippen molar-refractivity contribution in [3.8, 4) is 17.5 Å². The minimum Gasteiger partial charge on any atom is -0.488 e. The first-order chi connectivity index (χ1) is 10.6. The number of nitrogens with zero attached hydrogens (tertiary/aromatic N) is 2. The Bertz CT molecular complexity index is 710. The predicted octanol–water partition coefficient (Wildman–Crippen LogP) is 2.35. The van der Waals surface area contributed by atoms with E-state index in [2.05, 4.69) is 15.3 Å². The molecule has 0 aliphatic carbocycles. The summed E-state index contributed by atoms with van der Waals surface area (Å²) in [6, 6.07) is 4.36. The third-order valence-electron chi connectivity index (χ3n) is 3.53. The fourth-order valence-corrected chi connectivity index (χ4v) is 2.31. The average Bonchev–Trinajstić information content (AvgIpc) is 2.54. The lowest BCUT2D eigenvalue weighted by molar-refractivity contribution is 0.224. The highest BCUT2D eigenvalue weighted by Gasteiger charge is 2.35. The number of benzene rings is 1. The molecule has 0 bridgehead atoms. The zero-order chi connectivity index (χ0) is 15.7. The van der Waals surface area contributed by atoms with Gasteiger partial charge in [0.05, 0.1) is 31.8 Å². The fraction of sp³-hybridized carbons (Fsp3) is 0.333. The molecule has 0 spiro atoms. The SMILES string of the molecule is COc1ncc(C2(C)COc3cc(F)ccc3N2)nc1OC. The van der Waals surface area contributed by atoms with Crippen molar-refractivity contribution in [2.75, 3.05) is 26.1 Å². The van der Waals surface area contributed by atoms with Gasteiger partial charge in [0.25, 0.3) is 11.8 Å². The predicted molar refractivity (Wildman–Crippen MR) is 78.0 cm³/mol. The van der Waals surface area contributed by atoms with Crippen molar-refractivity contribution in [2.24, 2.45) is 0 Å². The molecule has 0 saturated carbocycles. The quantitative estimate of drug-likeness (QED) is 0.939. The number of fused-ring (bicyclic) bond motifs is 1. The first-order valence-electron chi connectivity index (χ1n) is 6.72. The van der Waals surface area contributed by atoms with Crippen LogP contribution in [-0.2, 0) is 5.54 Å². The minimum atomic E-state index is -0.614. The van der Waals surface area contributed by atoms with Crippen LogP contribution in [0, 0.1) is 5.82 Å². The summed E-state index contributed by atoms with van der Waals surface area (Å²) in [7, 11) is 3.00. The fourth-order valence-electron chi connectivity index (χ4n) is 2.31. The van der Waals surface area contributed by atoms with Crippen LogP contribution in [0.3, 0.4) is 0 Å². The van der Waals surface area contributed by atoms with Crippen LogP contribution in [0.15, 0.2) is 24.4 Å². The van der Waals surface area contributed by atoms with E-state index in [1.54, 1.807) is 12.3 Å². The van der Waals surface area contributed by atoms with E-state index in [-0.39, 0.29) is 12.4 Å². The largest absolute Gasteiger partial charge is 0.488 e. The van der Waals surface area contributed by atoms with E-state index in [4.69, 9.17) is 14.2 Å². The Morgan fingerprint density at radius 2 is 2.05 bits per heavy atom. The zero-order valence-corrected chi connectivity index (χ0v) is 12.5. The number of hydrogen-bond donors (Lipinski definition) is 1. The van der Waals surface area contributed by atoms with Gasteiger partial charge in [0.1, 0.15) is 23.7 Å². The second-order valence-corrected chi connectivity index (χ2v) is 5.16. The first-order valence-corrected chi connectivity index (χ1v) is 6.72. The van der Waals surface area contributed by atoms with Crippen LogP contribution < -0.4 is 19.5 Å². The summed E-state index contributed by atoms with van der Waals surface area (Å²) in [6.07, 6.45) is 1.60. The van der Waals surface area contributed by atoms with Gasteiger partial charge in [-0.15, -0.1) is 0 Å². The Kier molecular flexibility index (Phi) is 3.48. The molecule has 0 amide bonds. The van der Waals surface area contributed by atoms with Crippen LogP contribution in [0.1, 0.15) is 12.6 Å². The molecule has 0 saturated heterocycles. The van der Waals surface area contributed by atoms with Crippen LogP contribution in [-0.4, -0.2) is 30.8 Å². The molecule has 1 aromatic heterocycles. The first kappa shape index (κ1) is 14.4. The number of anilines is 1. The van der Waals surface area contributed by atoms with Gasteiger partial charge < -0.3 is 19.5 Å². The highest BCUT2D eigenvalue weighted by Crippen LogP contribution is 2.37. The van der Waals surface area contributed by atoms with Crippen LogP contribution in [0.2, 0.25) is 0 Å². The van der Waals surface area contributed by atoms with Crippen molar-refractivity contribution < 1.29 is 18.6 Å². The van der Waals surface area contributed by atoms with E-state index in [1.807, 2.05) is 6.92 Å². The maximum Gasteiger partial charge on any atom is 0.278 e. The molecule has 0 radical (unpaired) electrons. The molecule has 2 aromatic rings. The zero-order valence-electron chi connectivity index (χ0n) is 12.5. The van der Waals surface area contributed by atoms with E-state index in [0.717, 1.165) is 0 Å². The Hall–Kier alpha value is -2.57. The number of methoxy groups -OCH3 is 2. The highest BCUT2D eigenvalue weighted by atomic mass is 19.1. The molecule has 6 nitrogen and oxygen atoms in total. The van der Waals surface area contributed by atoms with Crippen LogP contribution >= 0.6 is 0 Å². The summed E-state index contributed by atoms with van der Waals surface area (Å²) in [5, 5.41) is 3.32. The molecular formula is C15H16FN3O3. The monoisotopic (exact) mass is 305 g/mol. The van der Waals surface area contributed by atoms with Crippen molar-refractivity contribution >= 4 is 5.69 Å². The number of nitrogens with one attached hydrogen (secondary N) is 1. The van der Waals surface area contributed by atoms with Gasteiger partial charge in [0, 0.05) is 6.07 Å².